The molecule has 0 amide bonds. The van der Waals surface area contributed by atoms with Gasteiger partial charge in [-0.2, -0.15) is 0 Å². The minimum Gasteiger partial charge on any atom is -0.497 e. The summed E-state index contributed by atoms with van der Waals surface area (Å²) in [7, 11) is 5.26. The Morgan fingerprint density at radius 2 is 0.912 bits per heavy atom. The average molecular weight is 464 g/mol. The highest BCUT2D eigenvalue weighted by atomic mass is 16.5. The normalized spacial score (nSPS) is 8.15. The Morgan fingerprint density at radius 1 is 0.471 bits per heavy atom. The fourth-order valence-corrected chi connectivity index (χ4v) is 2.46. The van der Waals surface area contributed by atoms with Crippen molar-refractivity contribution in [3.8, 4) is 11.5 Å². The summed E-state index contributed by atoms with van der Waals surface area (Å²) in [5, 5.41) is 5.49. The zero-order valence-corrected chi connectivity index (χ0v) is 22.6. The van der Waals surface area contributed by atoms with Gasteiger partial charge >= 0.3 is 0 Å². The lowest BCUT2D eigenvalue weighted by molar-refractivity contribution is 0.415. The van der Waals surface area contributed by atoms with Crippen LogP contribution in [0.4, 0.5) is 5.69 Å². The maximum Gasteiger partial charge on any atom is 0.119 e. The van der Waals surface area contributed by atoms with E-state index in [2.05, 4.69) is 23.5 Å². The van der Waals surface area contributed by atoms with Crippen molar-refractivity contribution < 1.29 is 9.47 Å². The van der Waals surface area contributed by atoms with Gasteiger partial charge in [-0.05, 0) is 47.2 Å². The number of para-hydroxylation sites is 2. The Bertz CT molecular complexity index is 886. The number of rotatable bonds is 3. The molecule has 0 aliphatic heterocycles. The number of hydrogen-bond donors (Lipinski definition) is 1. The van der Waals surface area contributed by atoms with Crippen LogP contribution < -0.4 is 14.8 Å². The predicted molar refractivity (Wildman–Crippen MR) is 154 cm³/mol. The molecule has 3 nitrogen and oxygen atoms in total. The van der Waals surface area contributed by atoms with Crippen LogP contribution in [0.2, 0.25) is 0 Å². The molecule has 0 saturated heterocycles. The zero-order valence-electron chi connectivity index (χ0n) is 22.6. The summed E-state index contributed by atoms with van der Waals surface area (Å²) in [6.07, 6.45) is 0. The highest BCUT2D eigenvalue weighted by molar-refractivity contribution is 5.83. The van der Waals surface area contributed by atoms with Crippen LogP contribution in [0.5, 0.6) is 11.5 Å². The minimum atomic E-state index is 0.910. The van der Waals surface area contributed by atoms with Crippen molar-refractivity contribution in [2.75, 3.05) is 26.6 Å². The third-order valence-electron chi connectivity index (χ3n) is 4.00. The van der Waals surface area contributed by atoms with Gasteiger partial charge in [0.25, 0.3) is 0 Å². The van der Waals surface area contributed by atoms with Crippen molar-refractivity contribution in [2.45, 2.75) is 41.5 Å². The smallest absolute Gasteiger partial charge is 0.119 e. The molecule has 0 spiro atoms. The molecule has 3 heteroatoms. The van der Waals surface area contributed by atoms with Crippen LogP contribution in [0.25, 0.3) is 10.8 Å². The van der Waals surface area contributed by atoms with Crippen molar-refractivity contribution >= 4 is 16.5 Å². The van der Waals surface area contributed by atoms with Crippen LogP contribution in [0.15, 0.2) is 103 Å². The van der Waals surface area contributed by atoms with Gasteiger partial charge in [0, 0.05) is 12.7 Å². The molecule has 4 aromatic carbocycles. The molecule has 0 unspecified atom stereocenters. The molecule has 0 aliphatic carbocycles. The number of anilines is 1. The van der Waals surface area contributed by atoms with Gasteiger partial charge in [0.05, 0.1) is 14.2 Å². The van der Waals surface area contributed by atoms with E-state index in [1.165, 1.54) is 10.8 Å². The minimum absolute atomic E-state index is 0.910. The average Bonchev–Trinajstić information content (AvgIpc) is 2.97. The van der Waals surface area contributed by atoms with Gasteiger partial charge in [0.2, 0.25) is 0 Å². The molecule has 186 valence electrons. The first-order chi connectivity index (χ1) is 16.8. The summed E-state index contributed by atoms with van der Waals surface area (Å²) in [5.41, 5.74) is 1.16. The fourth-order valence-electron chi connectivity index (χ4n) is 2.46. The van der Waals surface area contributed by atoms with Crippen LogP contribution in [-0.2, 0) is 0 Å². The Morgan fingerprint density at radius 3 is 1.32 bits per heavy atom. The first kappa shape index (κ1) is 32.7. The van der Waals surface area contributed by atoms with Crippen LogP contribution >= 0.6 is 0 Å². The van der Waals surface area contributed by atoms with Gasteiger partial charge in [-0.15, -0.1) is 0 Å². The highest BCUT2D eigenvalue weighted by Gasteiger charge is 1.93. The summed E-state index contributed by atoms with van der Waals surface area (Å²) in [4.78, 5) is 0. The van der Waals surface area contributed by atoms with E-state index in [1.54, 1.807) is 14.2 Å². The summed E-state index contributed by atoms with van der Waals surface area (Å²) in [6, 6.07) is 34.1. The second-order valence-electron chi connectivity index (χ2n) is 5.85. The van der Waals surface area contributed by atoms with Crippen molar-refractivity contribution in [1.82, 2.24) is 0 Å². The predicted octanol–water partition coefficient (Wildman–Crippen LogP) is 9.35. The molecule has 0 atom stereocenters. The quantitative estimate of drug-likeness (QED) is 0.328. The van der Waals surface area contributed by atoms with Crippen LogP contribution in [0.3, 0.4) is 0 Å². The number of ether oxygens (including phenoxy) is 2. The van der Waals surface area contributed by atoms with Gasteiger partial charge in [-0.1, -0.05) is 108 Å². The van der Waals surface area contributed by atoms with E-state index in [-0.39, 0.29) is 0 Å². The second kappa shape index (κ2) is 24.2. The lowest BCUT2D eigenvalue weighted by Gasteiger charge is -2.00. The van der Waals surface area contributed by atoms with Gasteiger partial charge < -0.3 is 14.8 Å². The zero-order chi connectivity index (χ0) is 26.0. The molecule has 0 aromatic heterocycles. The molecule has 34 heavy (non-hydrogen) atoms. The van der Waals surface area contributed by atoms with Crippen LogP contribution in [0, 0.1) is 0 Å². The maximum absolute atomic E-state index is 5.12. The molecule has 0 radical (unpaired) electrons. The Hall–Kier alpha value is -3.46. The largest absolute Gasteiger partial charge is 0.497 e. The lowest BCUT2D eigenvalue weighted by atomic mass is 10.1. The summed E-state index contributed by atoms with van der Waals surface area (Å²) in [6.45, 7) is 12.0. The van der Waals surface area contributed by atoms with Gasteiger partial charge in [-0.3, -0.25) is 0 Å². The standard InChI is InChI=1S/C11H10O.C7H9N.C7H8O.3C2H6/c1-12-11-7-6-9-4-2-3-5-10(9)8-11;2*1-8-7-5-3-2-4-6-7;3*1-2/h2-8H,1H3;2-6,8H,1H3;2-6H,1H3;3*1-2H3. The fraction of sp³-hybridized carbons (Fsp3) is 0.290. The van der Waals surface area contributed by atoms with E-state index in [1.807, 2.05) is 134 Å². The van der Waals surface area contributed by atoms with E-state index >= 15 is 0 Å². The van der Waals surface area contributed by atoms with E-state index in [0.717, 1.165) is 17.2 Å². The summed E-state index contributed by atoms with van der Waals surface area (Å²) in [5.74, 6) is 1.82. The van der Waals surface area contributed by atoms with E-state index in [9.17, 15) is 0 Å². The summed E-state index contributed by atoms with van der Waals surface area (Å²) < 4.78 is 10.0. The van der Waals surface area contributed by atoms with Crippen molar-refractivity contribution in [3.63, 3.8) is 0 Å². The first-order valence-corrected chi connectivity index (χ1v) is 12.1. The molecule has 4 rings (SSSR count). The number of hydrogen-bond acceptors (Lipinski definition) is 3. The molecule has 1 N–H and O–H groups in total. The van der Waals surface area contributed by atoms with E-state index in [0.29, 0.717) is 0 Å². The topological polar surface area (TPSA) is 30.5 Å². The molecule has 0 fully saturated rings. The molecule has 0 bridgehead atoms. The monoisotopic (exact) mass is 463 g/mol. The third-order valence-corrected chi connectivity index (χ3v) is 4.00. The van der Waals surface area contributed by atoms with Gasteiger partial charge in [0.15, 0.2) is 0 Å². The van der Waals surface area contributed by atoms with E-state index < -0.39 is 0 Å². The number of fused-ring (bicyclic) bond motifs is 1. The van der Waals surface area contributed by atoms with Crippen LogP contribution in [-0.4, -0.2) is 21.3 Å². The number of nitrogens with one attached hydrogen (secondary N) is 1. The first-order valence-electron chi connectivity index (χ1n) is 12.1. The van der Waals surface area contributed by atoms with Gasteiger partial charge in [0.1, 0.15) is 11.5 Å². The van der Waals surface area contributed by atoms with E-state index in [4.69, 9.17) is 9.47 Å². The molecular formula is C31H45NO2. The Labute approximate surface area is 208 Å². The number of methoxy groups -OCH3 is 2. The van der Waals surface area contributed by atoms with Gasteiger partial charge in [-0.25, -0.2) is 0 Å². The molecule has 0 saturated carbocycles. The molecular weight excluding hydrogens is 418 g/mol. The van der Waals surface area contributed by atoms with Crippen molar-refractivity contribution in [1.29, 1.82) is 0 Å². The molecule has 0 aliphatic rings. The molecule has 0 heterocycles. The summed E-state index contributed by atoms with van der Waals surface area (Å²) >= 11 is 0. The number of benzene rings is 4. The van der Waals surface area contributed by atoms with Crippen molar-refractivity contribution in [3.05, 3.63) is 103 Å². The Balaban J connectivity index is 0. The SMILES string of the molecule is CC.CC.CC.CNc1ccccc1.COc1ccc2ccccc2c1.COc1ccccc1. The molecule has 4 aromatic rings. The Kier molecular flexibility index (Phi) is 23.3. The van der Waals surface area contributed by atoms with Crippen LogP contribution in [0.1, 0.15) is 41.5 Å². The maximum atomic E-state index is 5.12. The van der Waals surface area contributed by atoms with Crippen molar-refractivity contribution in [2.24, 2.45) is 0 Å². The second-order valence-corrected chi connectivity index (χ2v) is 5.85. The third kappa shape index (κ3) is 14.6. The highest BCUT2D eigenvalue weighted by Crippen LogP contribution is 2.19. The lowest BCUT2D eigenvalue weighted by Crippen LogP contribution is -1.84.